The van der Waals surface area contributed by atoms with Gasteiger partial charge in [0.05, 0.1) is 5.69 Å². The van der Waals surface area contributed by atoms with E-state index < -0.39 is 0 Å². The van der Waals surface area contributed by atoms with Crippen molar-refractivity contribution in [2.75, 3.05) is 6.54 Å². The third-order valence-corrected chi connectivity index (χ3v) is 2.68. The van der Waals surface area contributed by atoms with Crippen LogP contribution in [0.2, 0.25) is 0 Å². The molecule has 4 heteroatoms. The number of nitrogens with zero attached hydrogens (tertiary/aromatic N) is 3. The van der Waals surface area contributed by atoms with Crippen molar-refractivity contribution in [2.45, 2.75) is 20.4 Å². The maximum absolute atomic E-state index is 4.49. The minimum atomic E-state index is 0.653. The van der Waals surface area contributed by atoms with E-state index in [0.29, 0.717) is 5.92 Å². The molecule has 0 aliphatic rings. The van der Waals surface area contributed by atoms with Crippen LogP contribution in [0.3, 0.4) is 0 Å². The summed E-state index contributed by atoms with van der Waals surface area (Å²) in [5.41, 5.74) is 3.09. The molecule has 0 radical (unpaired) electrons. The molecule has 0 unspecified atom stereocenters. The van der Waals surface area contributed by atoms with Gasteiger partial charge in [0.15, 0.2) is 0 Å². The van der Waals surface area contributed by atoms with Crippen LogP contribution in [0.4, 0.5) is 0 Å². The van der Waals surface area contributed by atoms with Crippen molar-refractivity contribution < 1.29 is 0 Å². The highest BCUT2D eigenvalue weighted by atomic mass is 15.3. The molecule has 0 saturated heterocycles. The highest BCUT2D eigenvalue weighted by Crippen LogP contribution is 2.19. The average Bonchev–Trinajstić information content (AvgIpc) is 2.71. The van der Waals surface area contributed by atoms with Gasteiger partial charge in [-0.25, -0.2) is 0 Å². The Balaban J connectivity index is 2.16. The largest absolute Gasteiger partial charge is 0.312 e. The van der Waals surface area contributed by atoms with Crippen LogP contribution < -0.4 is 5.32 Å². The van der Waals surface area contributed by atoms with Crippen molar-refractivity contribution >= 4 is 0 Å². The number of hydrogen-bond acceptors (Lipinski definition) is 3. The van der Waals surface area contributed by atoms with E-state index in [4.69, 9.17) is 0 Å². The predicted octanol–water partition coefficient (Wildman–Crippen LogP) is 2.23. The van der Waals surface area contributed by atoms with Crippen molar-refractivity contribution in [1.29, 1.82) is 0 Å². The zero-order valence-corrected chi connectivity index (χ0v) is 11.2. The zero-order chi connectivity index (χ0) is 13.0. The fraction of sp³-hybridized carbons (Fsp3) is 0.429. The van der Waals surface area contributed by atoms with Crippen LogP contribution in [0.15, 0.2) is 30.6 Å². The van der Waals surface area contributed by atoms with Crippen LogP contribution in [0.1, 0.15) is 19.4 Å². The number of rotatable bonds is 5. The molecule has 0 aromatic carbocycles. The van der Waals surface area contributed by atoms with Crippen LogP contribution in [-0.2, 0) is 13.6 Å². The lowest BCUT2D eigenvalue weighted by Gasteiger charge is -2.07. The van der Waals surface area contributed by atoms with E-state index in [2.05, 4.69) is 35.4 Å². The SMILES string of the molecule is CC(C)CNCc1cn(C)nc1-c1ccccn1. The number of hydrogen-bond donors (Lipinski definition) is 1. The molecule has 0 aliphatic carbocycles. The molecule has 1 N–H and O–H groups in total. The first-order valence-corrected chi connectivity index (χ1v) is 6.31. The number of nitrogens with one attached hydrogen (secondary N) is 1. The summed E-state index contributed by atoms with van der Waals surface area (Å²) >= 11 is 0. The lowest BCUT2D eigenvalue weighted by molar-refractivity contribution is 0.552. The maximum atomic E-state index is 4.49. The third kappa shape index (κ3) is 3.17. The van der Waals surface area contributed by atoms with Gasteiger partial charge < -0.3 is 5.32 Å². The van der Waals surface area contributed by atoms with Gasteiger partial charge in [0.25, 0.3) is 0 Å². The molecule has 0 amide bonds. The molecule has 18 heavy (non-hydrogen) atoms. The summed E-state index contributed by atoms with van der Waals surface area (Å²) in [4.78, 5) is 4.36. The van der Waals surface area contributed by atoms with Crippen LogP contribution in [-0.4, -0.2) is 21.3 Å². The van der Waals surface area contributed by atoms with Crippen LogP contribution in [0.5, 0.6) is 0 Å². The van der Waals surface area contributed by atoms with Crippen LogP contribution in [0.25, 0.3) is 11.4 Å². The van der Waals surface area contributed by atoms with Gasteiger partial charge in [0.2, 0.25) is 0 Å². The molecule has 4 nitrogen and oxygen atoms in total. The van der Waals surface area contributed by atoms with Gasteiger partial charge in [0.1, 0.15) is 5.69 Å². The summed E-state index contributed by atoms with van der Waals surface area (Å²) in [6.45, 7) is 6.25. The van der Waals surface area contributed by atoms with Gasteiger partial charge in [0, 0.05) is 31.5 Å². The molecule has 0 spiro atoms. The Hall–Kier alpha value is -1.68. The Kier molecular flexibility index (Phi) is 4.10. The fourth-order valence-electron chi connectivity index (χ4n) is 1.88. The van der Waals surface area contributed by atoms with Gasteiger partial charge in [-0.1, -0.05) is 19.9 Å². The molecular weight excluding hydrogens is 224 g/mol. The third-order valence-electron chi connectivity index (χ3n) is 2.68. The number of pyridine rings is 1. The summed E-state index contributed by atoms with van der Waals surface area (Å²) in [5, 5.41) is 7.94. The van der Waals surface area contributed by atoms with E-state index in [0.717, 1.165) is 24.5 Å². The lowest BCUT2D eigenvalue weighted by Crippen LogP contribution is -2.19. The monoisotopic (exact) mass is 244 g/mol. The van der Waals surface area contributed by atoms with Crippen molar-refractivity contribution in [3.8, 4) is 11.4 Å². The first-order valence-electron chi connectivity index (χ1n) is 6.31. The standard InChI is InChI=1S/C14H20N4/c1-11(2)8-15-9-12-10-18(3)17-14(12)13-6-4-5-7-16-13/h4-7,10-11,15H,8-9H2,1-3H3. The first-order chi connectivity index (χ1) is 8.66. The second-order valence-corrected chi connectivity index (χ2v) is 4.92. The molecule has 2 aromatic rings. The molecule has 0 saturated carbocycles. The Morgan fingerprint density at radius 3 is 2.83 bits per heavy atom. The highest BCUT2D eigenvalue weighted by molar-refractivity contribution is 5.57. The van der Waals surface area contributed by atoms with Crippen LogP contribution >= 0.6 is 0 Å². The molecular formula is C14H20N4. The summed E-state index contributed by atoms with van der Waals surface area (Å²) in [6, 6.07) is 5.90. The molecule has 2 heterocycles. The Bertz CT molecular complexity index is 488. The van der Waals surface area contributed by atoms with Crippen molar-refractivity contribution in [3.63, 3.8) is 0 Å². The summed E-state index contributed by atoms with van der Waals surface area (Å²) in [5.74, 6) is 0.653. The van der Waals surface area contributed by atoms with Gasteiger partial charge in [-0.05, 0) is 24.6 Å². The topological polar surface area (TPSA) is 42.7 Å². The first kappa shape index (κ1) is 12.8. The van der Waals surface area contributed by atoms with Crippen molar-refractivity contribution in [1.82, 2.24) is 20.1 Å². The van der Waals surface area contributed by atoms with Gasteiger partial charge in [-0.3, -0.25) is 9.67 Å². The summed E-state index contributed by atoms with van der Waals surface area (Å²) < 4.78 is 1.84. The molecule has 96 valence electrons. The molecule has 0 fully saturated rings. The van der Waals surface area contributed by atoms with Crippen molar-refractivity contribution in [2.24, 2.45) is 13.0 Å². The van der Waals surface area contributed by atoms with E-state index >= 15 is 0 Å². The quantitative estimate of drug-likeness (QED) is 0.877. The minimum Gasteiger partial charge on any atom is -0.312 e. The normalized spacial score (nSPS) is 11.1. The number of aromatic nitrogens is 3. The molecule has 0 atom stereocenters. The lowest BCUT2D eigenvalue weighted by atomic mass is 10.1. The van der Waals surface area contributed by atoms with Gasteiger partial charge in [-0.15, -0.1) is 0 Å². The minimum absolute atomic E-state index is 0.653. The predicted molar refractivity (Wildman–Crippen MR) is 73.0 cm³/mol. The van der Waals surface area contributed by atoms with E-state index in [1.54, 1.807) is 6.20 Å². The molecule has 2 aromatic heterocycles. The number of aryl methyl sites for hydroxylation is 1. The van der Waals surface area contributed by atoms with E-state index in [1.165, 1.54) is 5.56 Å². The van der Waals surface area contributed by atoms with Gasteiger partial charge in [-0.2, -0.15) is 5.10 Å². The molecule has 0 bridgehead atoms. The highest BCUT2D eigenvalue weighted by Gasteiger charge is 2.10. The Labute approximate surface area is 108 Å². The molecule has 0 aliphatic heterocycles. The summed E-state index contributed by atoms with van der Waals surface area (Å²) in [7, 11) is 1.94. The van der Waals surface area contributed by atoms with E-state index in [9.17, 15) is 0 Å². The van der Waals surface area contributed by atoms with E-state index in [-0.39, 0.29) is 0 Å². The Morgan fingerprint density at radius 1 is 1.33 bits per heavy atom. The zero-order valence-electron chi connectivity index (χ0n) is 11.2. The van der Waals surface area contributed by atoms with Crippen molar-refractivity contribution in [3.05, 3.63) is 36.2 Å². The molecule has 2 rings (SSSR count). The second-order valence-electron chi connectivity index (χ2n) is 4.92. The second kappa shape index (κ2) is 5.78. The Morgan fingerprint density at radius 2 is 2.17 bits per heavy atom. The van der Waals surface area contributed by atoms with Gasteiger partial charge >= 0.3 is 0 Å². The average molecular weight is 244 g/mol. The van der Waals surface area contributed by atoms with E-state index in [1.807, 2.05) is 29.9 Å². The smallest absolute Gasteiger partial charge is 0.115 e. The van der Waals surface area contributed by atoms with Crippen LogP contribution in [0, 0.1) is 5.92 Å². The summed E-state index contributed by atoms with van der Waals surface area (Å²) in [6.07, 6.45) is 3.85. The fourth-order valence-corrected chi connectivity index (χ4v) is 1.88. The maximum Gasteiger partial charge on any atom is 0.115 e.